The van der Waals surface area contributed by atoms with Gasteiger partial charge in [-0.25, -0.2) is 0 Å². The SMILES string of the molecule is CC(C)Oc1c(C#N)cnc2ccc(C=C3SC(=NC4CC4)NC3=O)cc12. The van der Waals surface area contributed by atoms with Gasteiger partial charge in [-0.3, -0.25) is 14.8 Å². The van der Waals surface area contributed by atoms with Gasteiger partial charge in [0.05, 0.1) is 22.6 Å². The van der Waals surface area contributed by atoms with E-state index in [1.165, 1.54) is 18.0 Å². The van der Waals surface area contributed by atoms with Crippen LogP contribution in [0.3, 0.4) is 0 Å². The van der Waals surface area contributed by atoms with Crippen LogP contribution in [0.1, 0.15) is 37.8 Å². The highest BCUT2D eigenvalue weighted by atomic mass is 32.2. The molecule has 7 heteroatoms. The maximum absolute atomic E-state index is 12.2. The molecule has 2 fully saturated rings. The zero-order valence-electron chi connectivity index (χ0n) is 15.0. The summed E-state index contributed by atoms with van der Waals surface area (Å²) < 4.78 is 5.88. The number of aliphatic imine (C=N–C) groups is 1. The van der Waals surface area contributed by atoms with Crippen molar-refractivity contribution in [3.8, 4) is 11.8 Å². The second-order valence-corrected chi connectivity index (χ2v) is 7.82. The molecule has 0 unspecified atom stereocenters. The standard InChI is InChI=1S/C20H18N4O2S/c1-11(2)26-18-13(9-21)10-22-16-6-3-12(7-15(16)18)8-17-19(25)24-20(27-17)23-14-4-5-14/h3,6-8,10-11,14H,4-5H2,1-2H3,(H,23,24,25). The second kappa shape index (κ2) is 7.05. The van der Waals surface area contributed by atoms with Crippen LogP contribution in [-0.4, -0.2) is 28.2 Å². The molecule has 0 atom stereocenters. The summed E-state index contributed by atoms with van der Waals surface area (Å²) in [6, 6.07) is 8.16. The van der Waals surface area contributed by atoms with Gasteiger partial charge in [0.2, 0.25) is 0 Å². The number of ether oxygens (including phenoxy) is 1. The third-order valence-electron chi connectivity index (χ3n) is 4.11. The van der Waals surface area contributed by atoms with E-state index in [2.05, 4.69) is 21.4 Å². The minimum atomic E-state index is -0.137. The number of benzene rings is 1. The van der Waals surface area contributed by atoms with Gasteiger partial charge >= 0.3 is 0 Å². The molecule has 1 N–H and O–H groups in total. The first kappa shape index (κ1) is 17.6. The number of hydrogen-bond donors (Lipinski definition) is 1. The molecule has 1 aromatic heterocycles. The Bertz CT molecular complexity index is 1030. The quantitative estimate of drug-likeness (QED) is 0.821. The summed E-state index contributed by atoms with van der Waals surface area (Å²) in [5.74, 6) is 0.388. The number of hydrogen-bond acceptors (Lipinski definition) is 6. The fraction of sp³-hybridized carbons (Fsp3) is 0.300. The summed E-state index contributed by atoms with van der Waals surface area (Å²) in [5.41, 5.74) is 1.98. The number of aromatic nitrogens is 1. The zero-order valence-corrected chi connectivity index (χ0v) is 15.8. The Morgan fingerprint density at radius 3 is 2.96 bits per heavy atom. The first-order valence-electron chi connectivity index (χ1n) is 8.81. The summed E-state index contributed by atoms with van der Waals surface area (Å²) in [6.07, 6.45) is 5.47. The highest BCUT2D eigenvalue weighted by molar-refractivity contribution is 8.18. The third-order valence-corrected chi connectivity index (χ3v) is 5.04. The number of rotatable bonds is 4. The van der Waals surface area contributed by atoms with Crippen LogP contribution >= 0.6 is 11.8 Å². The van der Waals surface area contributed by atoms with Gasteiger partial charge in [0.25, 0.3) is 5.91 Å². The van der Waals surface area contributed by atoms with Crippen LogP contribution in [0.2, 0.25) is 0 Å². The molecule has 136 valence electrons. The van der Waals surface area contributed by atoms with E-state index in [1.54, 1.807) is 0 Å². The fourth-order valence-electron chi connectivity index (χ4n) is 2.73. The number of nitrogens with one attached hydrogen (secondary N) is 1. The number of nitrogens with zero attached hydrogens (tertiary/aromatic N) is 3. The van der Waals surface area contributed by atoms with Crippen molar-refractivity contribution in [1.29, 1.82) is 5.26 Å². The van der Waals surface area contributed by atoms with Gasteiger partial charge in [0, 0.05) is 11.6 Å². The maximum atomic E-state index is 12.2. The molecule has 0 radical (unpaired) electrons. The van der Waals surface area contributed by atoms with E-state index < -0.39 is 0 Å². The van der Waals surface area contributed by atoms with Crippen LogP contribution in [0.15, 0.2) is 34.3 Å². The van der Waals surface area contributed by atoms with Crippen LogP contribution in [0, 0.1) is 11.3 Å². The van der Waals surface area contributed by atoms with Crippen LogP contribution < -0.4 is 10.1 Å². The highest BCUT2D eigenvalue weighted by Gasteiger charge is 2.28. The molecular formula is C20H18N4O2S. The molecular weight excluding hydrogens is 360 g/mol. The van der Waals surface area contributed by atoms with Gasteiger partial charge in [0.15, 0.2) is 5.17 Å². The minimum absolute atomic E-state index is 0.0675. The van der Waals surface area contributed by atoms with E-state index >= 15 is 0 Å². The molecule has 1 aromatic carbocycles. The molecule has 6 nitrogen and oxygen atoms in total. The van der Waals surface area contributed by atoms with Crippen molar-refractivity contribution < 1.29 is 9.53 Å². The summed E-state index contributed by atoms with van der Waals surface area (Å²) in [6.45, 7) is 3.83. The molecule has 1 aliphatic carbocycles. The van der Waals surface area contributed by atoms with Gasteiger partial charge in [-0.2, -0.15) is 5.26 Å². The van der Waals surface area contributed by atoms with Crippen LogP contribution in [0.25, 0.3) is 17.0 Å². The average Bonchev–Trinajstić information content (AvgIpc) is 3.38. The van der Waals surface area contributed by atoms with E-state index in [4.69, 9.17) is 4.74 Å². The molecule has 4 rings (SSSR count). The highest BCUT2D eigenvalue weighted by Crippen LogP contribution is 2.33. The first-order valence-corrected chi connectivity index (χ1v) is 9.63. The van der Waals surface area contributed by atoms with Crippen molar-refractivity contribution in [3.05, 3.63) is 40.4 Å². The molecule has 2 aliphatic rings. The third kappa shape index (κ3) is 3.81. The fourth-order valence-corrected chi connectivity index (χ4v) is 3.62. The van der Waals surface area contributed by atoms with Crippen molar-refractivity contribution in [2.45, 2.75) is 38.8 Å². The number of carbonyl (C=O) groups excluding carboxylic acids is 1. The number of fused-ring (bicyclic) bond motifs is 1. The van der Waals surface area contributed by atoms with Crippen LogP contribution in [0.4, 0.5) is 0 Å². The number of carbonyl (C=O) groups is 1. The molecule has 0 spiro atoms. The summed E-state index contributed by atoms with van der Waals surface area (Å²) in [5, 5.41) is 13.6. The van der Waals surface area contributed by atoms with Gasteiger partial charge in [-0.1, -0.05) is 6.07 Å². The minimum Gasteiger partial charge on any atom is -0.489 e. The lowest BCUT2D eigenvalue weighted by molar-refractivity contribution is -0.115. The molecule has 1 saturated heterocycles. The lowest BCUT2D eigenvalue weighted by Gasteiger charge is -2.14. The molecule has 1 amide bonds. The predicted molar refractivity (Wildman–Crippen MR) is 106 cm³/mol. The van der Waals surface area contributed by atoms with Gasteiger partial charge in [0.1, 0.15) is 17.4 Å². The Labute approximate surface area is 161 Å². The first-order chi connectivity index (χ1) is 13.0. The normalized spacial score (nSPS) is 19.7. The van der Waals surface area contributed by atoms with E-state index in [9.17, 15) is 10.1 Å². The summed E-state index contributed by atoms with van der Waals surface area (Å²) in [4.78, 5) is 21.6. The Morgan fingerprint density at radius 1 is 1.44 bits per heavy atom. The van der Waals surface area contributed by atoms with Crippen molar-refractivity contribution in [1.82, 2.24) is 10.3 Å². The van der Waals surface area contributed by atoms with Crippen molar-refractivity contribution in [2.75, 3.05) is 0 Å². The number of amidine groups is 1. The number of nitriles is 1. The number of amides is 1. The smallest absolute Gasteiger partial charge is 0.264 e. The summed E-state index contributed by atoms with van der Waals surface area (Å²) >= 11 is 1.36. The molecule has 27 heavy (non-hydrogen) atoms. The predicted octanol–water partition coefficient (Wildman–Crippen LogP) is 3.62. The zero-order chi connectivity index (χ0) is 19.0. The van der Waals surface area contributed by atoms with Crippen molar-refractivity contribution >= 4 is 39.8 Å². The van der Waals surface area contributed by atoms with Crippen LogP contribution in [-0.2, 0) is 4.79 Å². The number of pyridine rings is 1. The molecule has 1 saturated carbocycles. The molecule has 0 bridgehead atoms. The molecule has 1 aliphatic heterocycles. The molecule has 2 aromatic rings. The van der Waals surface area contributed by atoms with Crippen molar-refractivity contribution in [3.63, 3.8) is 0 Å². The molecule has 2 heterocycles. The Morgan fingerprint density at radius 2 is 2.26 bits per heavy atom. The van der Waals surface area contributed by atoms with Crippen LogP contribution in [0.5, 0.6) is 5.75 Å². The monoisotopic (exact) mass is 378 g/mol. The maximum Gasteiger partial charge on any atom is 0.264 e. The Kier molecular flexibility index (Phi) is 4.58. The Hall–Kier alpha value is -2.85. The van der Waals surface area contributed by atoms with E-state index in [1.807, 2.05) is 38.1 Å². The van der Waals surface area contributed by atoms with Gasteiger partial charge < -0.3 is 10.1 Å². The topological polar surface area (TPSA) is 87.4 Å². The summed E-state index contributed by atoms with van der Waals surface area (Å²) in [7, 11) is 0. The van der Waals surface area contributed by atoms with Crippen molar-refractivity contribution in [2.24, 2.45) is 4.99 Å². The van der Waals surface area contributed by atoms with E-state index in [0.717, 1.165) is 29.3 Å². The van der Waals surface area contributed by atoms with Gasteiger partial charge in [-0.05, 0) is 62.2 Å². The largest absolute Gasteiger partial charge is 0.489 e. The Balaban J connectivity index is 1.72. The van der Waals surface area contributed by atoms with E-state index in [0.29, 0.717) is 27.4 Å². The second-order valence-electron chi connectivity index (χ2n) is 6.79. The average molecular weight is 378 g/mol. The van der Waals surface area contributed by atoms with Gasteiger partial charge in [-0.15, -0.1) is 0 Å². The lowest BCUT2D eigenvalue weighted by Crippen LogP contribution is -2.20. The van der Waals surface area contributed by atoms with E-state index in [-0.39, 0.29) is 12.0 Å². The lowest BCUT2D eigenvalue weighted by atomic mass is 10.1. The number of thioether (sulfide) groups is 1.